The van der Waals surface area contributed by atoms with Crippen molar-refractivity contribution < 1.29 is 0 Å². The maximum Gasteiger partial charge on any atom is 0.129 e. The third kappa shape index (κ3) is 2.19. The van der Waals surface area contributed by atoms with E-state index in [1.54, 1.807) is 11.3 Å². The highest BCUT2D eigenvalue weighted by atomic mass is 32.1. The van der Waals surface area contributed by atoms with Crippen molar-refractivity contribution in [3.05, 3.63) is 70.6 Å². The summed E-state index contributed by atoms with van der Waals surface area (Å²) < 4.78 is 0. The number of anilines is 1. The molecule has 1 aliphatic heterocycles. The molecular formula is C16H14N4S. The number of hydrogen-bond donors (Lipinski definition) is 0. The standard InChI is InChI=1S/C16H14N4S/c1-11-10-21-16(19-11)15-14(12-5-8-17-9-6-12)20(15)13-4-2-3-7-18-13/h2-10,14-15H,1H3/t14-,15+,20?/m0/s1. The van der Waals surface area contributed by atoms with Crippen molar-refractivity contribution in [1.82, 2.24) is 15.0 Å². The molecule has 0 N–H and O–H groups in total. The van der Waals surface area contributed by atoms with Gasteiger partial charge in [0.05, 0.1) is 6.04 Å². The number of rotatable bonds is 3. The van der Waals surface area contributed by atoms with Crippen molar-refractivity contribution in [2.45, 2.75) is 19.0 Å². The van der Waals surface area contributed by atoms with Crippen LogP contribution in [0.5, 0.6) is 0 Å². The Morgan fingerprint density at radius 2 is 1.90 bits per heavy atom. The predicted octanol–water partition coefficient (Wildman–Crippen LogP) is 3.54. The molecule has 2 atom stereocenters. The summed E-state index contributed by atoms with van der Waals surface area (Å²) in [5.41, 5.74) is 2.34. The summed E-state index contributed by atoms with van der Waals surface area (Å²) in [6.45, 7) is 2.04. The average Bonchev–Trinajstić information content (AvgIpc) is 3.15. The second-order valence-corrected chi connectivity index (χ2v) is 5.98. The normalized spacial score (nSPS) is 20.5. The van der Waals surface area contributed by atoms with Crippen molar-refractivity contribution >= 4 is 17.2 Å². The van der Waals surface area contributed by atoms with E-state index in [2.05, 4.69) is 43.4 Å². The van der Waals surface area contributed by atoms with Crippen LogP contribution < -0.4 is 4.90 Å². The summed E-state index contributed by atoms with van der Waals surface area (Å²) in [7, 11) is 0. The highest BCUT2D eigenvalue weighted by Crippen LogP contribution is 2.56. The molecule has 4 nitrogen and oxygen atoms in total. The van der Waals surface area contributed by atoms with Gasteiger partial charge in [-0.15, -0.1) is 11.3 Å². The Kier molecular flexibility index (Phi) is 2.93. The Hall–Kier alpha value is -2.27. The Labute approximate surface area is 127 Å². The van der Waals surface area contributed by atoms with Crippen molar-refractivity contribution in [2.75, 3.05) is 4.90 Å². The molecule has 0 amide bonds. The third-order valence-corrected chi connectivity index (χ3v) is 4.69. The molecule has 0 aromatic carbocycles. The minimum absolute atomic E-state index is 0.279. The average molecular weight is 294 g/mol. The third-order valence-electron chi connectivity index (χ3n) is 3.66. The molecule has 3 aromatic heterocycles. The minimum atomic E-state index is 0.279. The van der Waals surface area contributed by atoms with Crippen LogP contribution in [-0.2, 0) is 0 Å². The van der Waals surface area contributed by atoms with E-state index in [0.29, 0.717) is 6.04 Å². The first-order chi connectivity index (χ1) is 10.3. The van der Waals surface area contributed by atoms with Crippen molar-refractivity contribution in [3.8, 4) is 0 Å². The highest BCUT2D eigenvalue weighted by molar-refractivity contribution is 7.09. The number of nitrogens with zero attached hydrogens (tertiary/aromatic N) is 4. The molecule has 21 heavy (non-hydrogen) atoms. The van der Waals surface area contributed by atoms with E-state index in [4.69, 9.17) is 0 Å². The smallest absolute Gasteiger partial charge is 0.129 e. The molecule has 1 saturated heterocycles. The number of hydrogen-bond acceptors (Lipinski definition) is 5. The van der Waals surface area contributed by atoms with Gasteiger partial charge in [-0.1, -0.05) is 6.07 Å². The van der Waals surface area contributed by atoms with Crippen LogP contribution in [0.2, 0.25) is 0 Å². The van der Waals surface area contributed by atoms with Crippen LogP contribution in [0.15, 0.2) is 54.3 Å². The number of aromatic nitrogens is 3. The minimum Gasteiger partial charge on any atom is -0.335 e. The van der Waals surface area contributed by atoms with Crippen molar-refractivity contribution in [3.63, 3.8) is 0 Å². The molecule has 5 heteroatoms. The van der Waals surface area contributed by atoms with E-state index < -0.39 is 0 Å². The van der Waals surface area contributed by atoms with Gasteiger partial charge in [0.2, 0.25) is 0 Å². The van der Waals surface area contributed by atoms with Crippen molar-refractivity contribution in [2.24, 2.45) is 0 Å². The predicted molar refractivity (Wildman–Crippen MR) is 83.3 cm³/mol. The maximum atomic E-state index is 4.66. The van der Waals surface area contributed by atoms with Gasteiger partial charge in [-0.2, -0.15) is 0 Å². The van der Waals surface area contributed by atoms with Crippen LogP contribution in [0.25, 0.3) is 0 Å². The molecule has 0 radical (unpaired) electrons. The molecule has 4 heterocycles. The number of pyridine rings is 2. The van der Waals surface area contributed by atoms with Crippen LogP contribution in [0.3, 0.4) is 0 Å². The van der Waals surface area contributed by atoms with Gasteiger partial charge in [-0.3, -0.25) is 4.98 Å². The van der Waals surface area contributed by atoms with Crippen LogP contribution in [0.1, 0.15) is 28.3 Å². The monoisotopic (exact) mass is 294 g/mol. The van der Waals surface area contributed by atoms with E-state index in [-0.39, 0.29) is 6.04 Å². The van der Waals surface area contributed by atoms with Gasteiger partial charge in [-0.05, 0) is 36.8 Å². The van der Waals surface area contributed by atoms with E-state index in [1.165, 1.54) is 5.56 Å². The largest absolute Gasteiger partial charge is 0.335 e. The Morgan fingerprint density at radius 1 is 1.05 bits per heavy atom. The summed E-state index contributed by atoms with van der Waals surface area (Å²) in [4.78, 5) is 15.6. The Bertz CT molecular complexity index is 696. The molecule has 0 saturated carbocycles. The summed E-state index contributed by atoms with van der Waals surface area (Å²) in [5, 5.41) is 3.26. The molecule has 0 aliphatic carbocycles. The molecule has 0 bridgehead atoms. The van der Waals surface area contributed by atoms with Gasteiger partial charge in [-0.25, -0.2) is 9.97 Å². The quantitative estimate of drug-likeness (QED) is 0.693. The molecule has 1 aliphatic rings. The first kappa shape index (κ1) is 12.5. The van der Waals surface area contributed by atoms with E-state index in [9.17, 15) is 0 Å². The summed E-state index contributed by atoms with van der Waals surface area (Å²) in [6, 6.07) is 10.7. The zero-order valence-electron chi connectivity index (χ0n) is 11.5. The van der Waals surface area contributed by atoms with Gasteiger partial charge in [0.15, 0.2) is 0 Å². The van der Waals surface area contributed by atoms with E-state index >= 15 is 0 Å². The molecule has 3 aromatic rings. The van der Waals surface area contributed by atoms with Crippen LogP contribution >= 0.6 is 11.3 Å². The van der Waals surface area contributed by atoms with Crippen LogP contribution in [0, 0.1) is 6.92 Å². The molecule has 0 unspecified atom stereocenters. The highest BCUT2D eigenvalue weighted by Gasteiger charge is 2.52. The first-order valence-corrected chi connectivity index (χ1v) is 7.74. The van der Waals surface area contributed by atoms with Gasteiger partial charge in [0.25, 0.3) is 0 Å². The Morgan fingerprint density at radius 3 is 2.57 bits per heavy atom. The molecule has 104 valence electrons. The van der Waals surface area contributed by atoms with Crippen LogP contribution in [0.4, 0.5) is 5.82 Å². The lowest BCUT2D eigenvalue weighted by Crippen LogP contribution is -1.97. The second-order valence-electron chi connectivity index (χ2n) is 5.09. The van der Waals surface area contributed by atoms with E-state index in [1.807, 2.05) is 37.6 Å². The Balaban J connectivity index is 1.73. The van der Waals surface area contributed by atoms with E-state index in [0.717, 1.165) is 16.5 Å². The van der Waals surface area contributed by atoms with Crippen molar-refractivity contribution in [1.29, 1.82) is 0 Å². The number of aryl methyl sites for hydroxylation is 1. The molecule has 4 rings (SSSR count). The van der Waals surface area contributed by atoms with Gasteiger partial charge >= 0.3 is 0 Å². The fourth-order valence-electron chi connectivity index (χ4n) is 2.69. The van der Waals surface area contributed by atoms with Gasteiger partial charge in [0.1, 0.15) is 16.9 Å². The first-order valence-electron chi connectivity index (χ1n) is 6.86. The molecule has 0 spiro atoms. The summed E-state index contributed by atoms with van der Waals surface area (Å²) in [6.07, 6.45) is 5.52. The lowest BCUT2D eigenvalue weighted by Gasteiger charge is -2.03. The fraction of sp³-hybridized carbons (Fsp3) is 0.188. The zero-order chi connectivity index (χ0) is 14.2. The maximum absolute atomic E-state index is 4.66. The topological polar surface area (TPSA) is 41.7 Å². The van der Waals surface area contributed by atoms with Gasteiger partial charge in [0, 0.05) is 29.7 Å². The fourth-order valence-corrected chi connectivity index (χ4v) is 3.61. The summed E-state index contributed by atoms with van der Waals surface area (Å²) >= 11 is 1.72. The number of thiazole rings is 1. The molecular weight excluding hydrogens is 280 g/mol. The SMILES string of the molecule is Cc1csc([C@H]2[C@H](c3ccncc3)N2c2ccccn2)n1. The van der Waals surface area contributed by atoms with Gasteiger partial charge < -0.3 is 4.90 Å². The summed E-state index contributed by atoms with van der Waals surface area (Å²) in [5.74, 6) is 0.997. The molecule has 1 fully saturated rings. The lowest BCUT2D eigenvalue weighted by molar-refractivity contribution is 0.988. The second kappa shape index (κ2) is 4.93. The zero-order valence-corrected chi connectivity index (χ0v) is 12.4. The lowest BCUT2D eigenvalue weighted by atomic mass is 10.1. The van der Waals surface area contributed by atoms with Crippen LogP contribution in [-0.4, -0.2) is 15.0 Å².